The lowest BCUT2D eigenvalue weighted by Crippen LogP contribution is -2.27. The van der Waals surface area contributed by atoms with Gasteiger partial charge in [-0.15, -0.1) is 0 Å². The Morgan fingerprint density at radius 3 is 2.75 bits per heavy atom. The molecule has 0 atom stereocenters. The first kappa shape index (κ1) is 18.5. The first-order valence-corrected chi connectivity index (χ1v) is 9.02. The molecule has 0 bridgehead atoms. The van der Waals surface area contributed by atoms with E-state index in [-0.39, 0.29) is 5.91 Å². The molecule has 24 heavy (non-hydrogen) atoms. The Balaban J connectivity index is 1.94. The van der Waals surface area contributed by atoms with E-state index in [1.165, 1.54) is 11.8 Å². The van der Waals surface area contributed by atoms with Gasteiger partial charge in [0.15, 0.2) is 5.16 Å². The zero-order chi connectivity index (χ0) is 17.2. The molecule has 1 amide bonds. The van der Waals surface area contributed by atoms with Gasteiger partial charge in [-0.25, -0.2) is 4.98 Å². The zero-order valence-electron chi connectivity index (χ0n) is 14.0. The summed E-state index contributed by atoms with van der Waals surface area (Å²) in [6.07, 6.45) is 4.31. The normalized spacial score (nSPS) is 10.8. The maximum Gasteiger partial charge on any atom is 0.269 e. The molecule has 1 heterocycles. The van der Waals surface area contributed by atoms with Crippen LogP contribution < -0.4 is 5.32 Å². The average Bonchev–Trinajstić information content (AvgIpc) is 3.05. The minimum Gasteiger partial charge on any atom is -0.382 e. The molecule has 6 nitrogen and oxygen atoms in total. The van der Waals surface area contributed by atoms with Crippen molar-refractivity contribution in [3.63, 3.8) is 0 Å². The van der Waals surface area contributed by atoms with E-state index in [2.05, 4.69) is 10.3 Å². The number of thioether (sulfide) groups is 1. The second kappa shape index (κ2) is 10.1. The fourth-order valence-electron chi connectivity index (χ4n) is 2.18. The number of rotatable bonds is 10. The molecule has 0 saturated heterocycles. The Kier molecular flexibility index (Phi) is 7.81. The van der Waals surface area contributed by atoms with Gasteiger partial charge in [0, 0.05) is 25.9 Å². The van der Waals surface area contributed by atoms with Crippen LogP contribution in [0.1, 0.15) is 16.9 Å². The number of aromatic nitrogens is 2. The average molecular weight is 349 g/mol. The summed E-state index contributed by atoms with van der Waals surface area (Å²) in [5.41, 5.74) is 1.46. The fraction of sp³-hybridized carbons (Fsp3) is 0.412. The highest BCUT2D eigenvalue weighted by molar-refractivity contribution is 7.98. The first-order valence-electron chi connectivity index (χ1n) is 7.80. The number of methoxy groups -OCH3 is 1. The molecule has 0 radical (unpaired) electrons. The molecule has 2 rings (SSSR count). The number of ether oxygens (including phenoxy) is 2. The molecule has 7 heteroatoms. The van der Waals surface area contributed by atoms with Crippen molar-refractivity contribution in [2.45, 2.75) is 11.6 Å². The molecule has 1 N–H and O–H groups in total. The van der Waals surface area contributed by atoms with Crippen molar-refractivity contribution in [2.24, 2.45) is 0 Å². The van der Waals surface area contributed by atoms with Gasteiger partial charge in [-0.2, -0.15) is 0 Å². The Morgan fingerprint density at radius 1 is 1.25 bits per heavy atom. The third-order valence-corrected chi connectivity index (χ3v) is 4.00. The summed E-state index contributed by atoms with van der Waals surface area (Å²) >= 11 is 1.51. The number of imidazole rings is 1. The van der Waals surface area contributed by atoms with Gasteiger partial charge in [-0.3, -0.25) is 9.36 Å². The van der Waals surface area contributed by atoms with E-state index in [1.807, 2.05) is 41.2 Å². The number of carbonyl (C=O) groups excluding carboxylic acids is 1. The predicted octanol–water partition coefficient (Wildman–Crippen LogP) is 2.38. The van der Waals surface area contributed by atoms with Crippen molar-refractivity contribution in [3.8, 4) is 5.69 Å². The van der Waals surface area contributed by atoms with Crippen LogP contribution in [0.3, 0.4) is 0 Å². The summed E-state index contributed by atoms with van der Waals surface area (Å²) in [6, 6.07) is 9.75. The molecule has 0 unspecified atom stereocenters. The van der Waals surface area contributed by atoms with Gasteiger partial charge < -0.3 is 14.8 Å². The summed E-state index contributed by atoms with van der Waals surface area (Å²) in [6.45, 7) is 2.31. The van der Waals surface area contributed by atoms with Crippen molar-refractivity contribution in [1.82, 2.24) is 14.9 Å². The molecule has 0 aliphatic rings. The smallest absolute Gasteiger partial charge is 0.269 e. The van der Waals surface area contributed by atoms with Gasteiger partial charge in [0.25, 0.3) is 5.91 Å². The van der Waals surface area contributed by atoms with Crippen molar-refractivity contribution < 1.29 is 14.3 Å². The van der Waals surface area contributed by atoms with E-state index in [1.54, 1.807) is 13.3 Å². The molecule has 1 aromatic carbocycles. The maximum atomic E-state index is 12.5. The fourth-order valence-corrected chi connectivity index (χ4v) is 2.72. The van der Waals surface area contributed by atoms with Gasteiger partial charge >= 0.3 is 0 Å². The minimum absolute atomic E-state index is 0.136. The Morgan fingerprint density at radius 2 is 2.04 bits per heavy atom. The highest BCUT2D eigenvalue weighted by Gasteiger charge is 2.17. The number of nitrogens with zero attached hydrogens (tertiary/aromatic N) is 2. The van der Waals surface area contributed by atoms with Crippen molar-refractivity contribution >= 4 is 17.7 Å². The number of nitrogens with one attached hydrogen (secondary N) is 1. The summed E-state index contributed by atoms with van der Waals surface area (Å²) in [5, 5.41) is 3.70. The van der Waals surface area contributed by atoms with E-state index in [0.717, 1.165) is 17.3 Å². The molecule has 0 aliphatic carbocycles. The Labute approximate surface area is 146 Å². The molecule has 0 saturated carbocycles. The predicted molar refractivity (Wildman–Crippen MR) is 95.0 cm³/mol. The molecule has 0 aliphatic heterocycles. The monoisotopic (exact) mass is 349 g/mol. The maximum absolute atomic E-state index is 12.5. The van der Waals surface area contributed by atoms with Gasteiger partial charge in [0.1, 0.15) is 5.69 Å². The van der Waals surface area contributed by atoms with Crippen molar-refractivity contribution in [3.05, 3.63) is 42.2 Å². The van der Waals surface area contributed by atoms with Gasteiger partial charge in [-0.1, -0.05) is 30.0 Å². The second-order valence-electron chi connectivity index (χ2n) is 5.02. The lowest BCUT2D eigenvalue weighted by atomic mass is 10.3. The van der Waals surface area contributed by atoms with E-state index >= 15 is 0 Å². The van der Waals surface area contributed by atoms with E-state index in [9.17, 15) is 4.79 Å². The number of hydrogen-bond acceptors (Lipinski definition) is 5. The number of para-hydroxylation sites is 1. The summed E-state index contributed by atoms with van der Waals surface area (Å²) in [7, 11) is 1.64. The highest BCUT2D eigenvalue weighted by atomic mass is 32.2. The molecular formula is C17H23N3O3S. The van der Waals surface area contributed by atoms with E-state index in [4.69, 9.17) is 9.47 Å². The van der Waals surface area contributed by atoms with Crippen molar-refractivity contribution in [2.75, 3.05) is 39.7 Å². The van der Waals surface area contributed by atoms with Crippen LogP contribution >= 0.6 is 11.8 Å². The summed E-state index contributed by atoms with van der Waals surface area (Å²) in [5.74, 6) is -0.136. The summed E-state index contributed by atoms with van der Waals surface area (Å²) in [4.78, 5) is 16.8. The van der Waals surface area contributed by atoms with Crippen LogP contribution in [-0.4, -0.2) is 55.2 Å². The number of hydrogen-bond donors (Lipinski definition) is 1. The third kappa shape index (κ3) is 5.09. The van der Waals surface area contributed by atoms with Crippen molar-refractivity contribution in [1.29, 1.82) is 0 Å². The lowest BCUT2D eigenvalue weighted by Gasteiger charge is -2.11. The number of carbonyl (C=O) groups is 1. The quantitative estimate of drug-likeness (QED) is 0.527. The minimum atomic E-state index is -0.136. The van der Waals surface area contributed by atoms with Crippen LogP contribution in [-0.2, 0) is 9.47 Å². The standard InChI is InChI=1S/C17H23N3O3S/c1-22-11-12-23-10-6-9-18-16(21)15-13-19-17(24-2)20(15)14-7-4-3-5-8-14/h3-5,7-8,13H,6,9-12H2,1-2H3,(H,18,21). The largest absolute Gasteiger partial charge is 0.382 e. The van der Waals surface area contributed by atoms with Gasteiger partial charge in [0.2, 0.25) is 0 Å². The highest BCUT2D eigenvalue weighted by Crippen LogP contribution is 2.21. The molecule has 2 aromatic rings. The molecule has 130 valence electrons. The zero-order valence-corrected chi connectivity index (χ0v) is 14.8. The topological polar surface area (TPSA) is 65.4 Å². The van der Waals surface area contributed by atoms with Crippen LogP contribution in [0.4, 0.5) is 0 Å². The molecule has 1 aromatic heterocycles. The Hall–Kier alpha value is -1.83. The van der Waals surface area contributed by atoms with E-state index < -0.39 is 0 Å². The number of amides is 1. The number of benzene rings is 1. The second-order valence-corrected chi connectivity index (χ2v) is 5.79. The van der Waals surface area contributed by atoms with Gasteiger partial charge in [-0.05, 0) is 24.8 Å². The van der Waals surface area contributed by atoms with E-state index in [0.29, 0.717) is 32.1 Å². The van der Waals surface area contributed by atoms with Crippen LogP contribution in [0.25, 0.3) is 5.69 Å². The Bertz CT molecular complexity index is 631. The molecule has 0 spiro atoms. The SMILES string of the molecule is COCCOCCCNC(=O)c1cnc(SC)n1-c1ccccc1. The lowest BCUT2D eigenvalue weighted by molar-refractivity contribution is 0.0688. The molecule has 0 fully saturated rings. The summed E-state index contributed by atoms with van der Waals surface area (Å²) < 4.78 is 12.2. The van der Waals surface area contributed by atoms with Gasteiger partial charge in [0.05, 0.1) is 19.4 Å². The van der Waals surface area contributed by atoms with Crippen LogP contribution in [0.5, 0.6) is 0 Å². The van der Waals surface area contributed by atoms with Crippen LogP contribution in [0, 0.1) is 0 Å². The first-order chi connectivity index (χ1) is 11.8. The third-order valence-electron chi connectivity index (χ3n) is 3.34. The molecular weight excluding hydrogens is 326 g/mol. The van der Waals surface area contributed by atoms with Crippen LogP contribution in [0.2, 0.25) is 0 Å². The van der Waals surface area contributed by atoms with Crippen LogP contribution in [0.15, 0.2) is 41.7 Å².